The Kier molecular flexibility index (Phi) is 6.94. The number of amides is 1. The third-order valence-electron chi connectivity index (χ3n) is 6.15. The van der Waals surface area contributed by atoms with E-state index in [1.807, 2.05) is 43.3 Å². The largest absolute Gasteiger partial charge is 0.487 e. The topological polar surface area (TPSA) is 75.7 Å². The molecule has 0 fully saturated rings. The summed E-state index contributed by atoms with van der Waals surface area (Å²) in [6.45, 7) is 5.88. The van der Waals surface area contributed by atoms with Gasteiger partial charge in [0.25, 0.3) is 0 Å². The molecule has 1 heterocycles. The Labute approximate surface area is 185 Å². The highest BCUT2D eigenvalue weighted by Crippen LogP contribution is 2.42. The Bertz CT molecular complexity index is 1030. The van der Waals surface area contributed by atoms with Gasteiger partial charge in [0.05, 0.1) is 18.0 Å². The van der Waals surface area contributed by atoms with Gasteiger partial charge in [-0.3, -0.25) is 9.10 Å². The molecule has 1 atom stereocenters. The maximum atomic E-state index is 13.1. The average molecular weight is 445 g/mol. The molecule has 1 aliphatic rings. The summed E-state index contributed by atoms with van der Waals surface area (Å²) >= 11 is 0. The summed E-state index contributed by atoms with van der Waals surface area (Å²) in [4.78, 5) is 13.1. The zero-order chi connectivity index (χ0) is 22.6. The molecule has 0 bridgehead atoms. The summed E-state index contributed by atoms with van der Waals surface area (Å²) < 4.78 is 32.6. The van der Waals surface area contributed by atoms with Crippen LogP contribution in [0.5, 0.6) is 5.75 Å². The fraction of sp³-hybridized carbons (Fsp3) is 0.458. The lowest BCUT2D eigenvalue weighted by Crippen LogP contribution is -2.47. The molecule has 6 nitrogen and oxygen atoms in total. The van der Waals surface area contributed by atoms with E-state index < -0.39 is 10.0 Å². The molecular weight excluding hydrogens is 412 g/mol. The second-order valence-electron chi connectivity index (χ2n) is 8.11. The molecule has 0 saturated carbocycles. The number of nitrogens with one attached hydrogen (secondary N) is 1. The van der Waals surface area contributed by atoms with Crippen molar-refractivity contribution in [1.29, 1.82) is 0 Å². The lowest BCUT2D eigenvalue weighted by atomic mass is 9.83. The molecule has 7 heteroatoms. The first-order valence-electron chi connectivity index (χ1n) is 10.9. The first-order chi connectivity index (χ1) is 14.7. The van der Waals surface area contributed by atoms with Crippen molar-refractivity contribution < 1.29 is 17.9 Å². The third kappa shape index (κ3) is 5.03. The number of carbonyl (C=O) groups is 1. The Balaban J connectivity index is 1.87. The lowest BCUT2D eigenvalue weighted by molar-refractivity contribution is -0.121. The van der Waals surface area contributed by atoms with Gasteiger partial charge < -0.3 is 10.1 Å². The van der Waals surface area contributed by atoms with Crippen molar-refractivity contribution in [2.45, 2.75) is 58.1 Å². The molecule has 0 aliphatic carbocycles. The number of rotatable bonds is 8. The number of ether oxygens (including phenoxy) is 1. The van der Waals surface area contributed by atoms with Gasteiger partial charge >= 0.3 is 0 Å². The van der Waals surface area contributed by atoms with Gasteiger partial charge in [0.1, 0.15) is 17.9 Å². The number of sulfonamides is 1. The Morgan fingerprint density at radius 2 is 1.74 bits per heavy atom. The minimum absolute atomic E-state index is 0.236. The van der Waals surface area contributed by atoms with Crippen molar-refractivity contribution in [3.8, 4) is 5.75 Å². The average Bonchev–Trinajstić information content (AvgIpc) is 2.76. The zero-order valence-electron chi connectivity index (χ0n) is 18.7. The van der Waals surface area contributed by atoms with E-state index in [2.05, 4.69) is 19.2 Å². The normalized spacial score (nSPS) is 17.4. The van der Waals surface area contributed by atoms with Crippen molar-refractivity contribution in [2.75, 3.05) is 17.1 Å². The molecule has 0 aromatic heterocycles. The predicted octanol–water partition coefficient (Wildman–Crippen LogP) is 4.21. The van der Waals surface area contributed by atoms with Crippen LogP contribution in [0.25, 0.3) is 0 Å². The lowest BCUT2D eigenvalue weighted by Gasteiger charge is -2.41. The van der Waals surface area contributed by atoms with Crippen molar-refractivity contribution >= 4 is 21.6 Å². The second kappa shape index (κ2) is 9.30. The number of nitrogens with zero attached hydrogens (tertiary/aromatic N) is 1. The molecule has 31 heavy (non-hydrogen) atoms. The molecule has 1 unspecified atom stereocenters. The number of carbonyl (C=O) groups excluding carboxylic acids is 1. The van der Waals surface area contributed by atoms with Gasteiger partial charge in [-0.25, -0.2) is 8.42 Å². The van der Waals surface area contributed by atoms with Gasteiger partial charge in [0.2, 0.25) is 15.9 Å². The number of hydrogen-bond acceptors (Lipinski definition) is 4. The van der Waals surface area contributed by atoms with E-state index in [4.69, 9.17) is 4.74 Å². The summed E-state index contributed by atoms with van der Waals surface area (Å²) in [5, 5.41) is 3.08. The van der Waals surface area contributed by atoms with Crippen LogP contribution < -0.4 is 14.4 Å². The van der Waals surface area contributed by atoms with Crippen molar-refractivity contribution in [3.05, 3.63) is 59.7 Å². The van der Waals surface area contributed by atoms with Gasteiger partial charge in [-0.1, -0.05) is 57.2 Å². The summed E-state index contributed by atoms with van der Waals surface area (Å²) in [5.74, 6) is 0.443. The van der Waals surface area contributed by atoms with Crippen LogP contribution in [0.1, 0.15) is 57.2 Å². The fourth-order valence-electron chi connectivity index (χ4n) is 4.23. The highest BCUT2D eigenvalue weighted by atomic mass is 32.2. The number of hydrogen-bond donors (Lipinski definition) is 1. The van der Waals surface area contributed by atoms with Gasteiger partial charge in [-0.05, 0) is 37.0 Å². The summed E-state index contributed by atoms with van der Waals surface area (Å²) in [6.07, 6.45) is 4.10. The van der Waals surface area contributed by atoms with Crippen LogP contribution in [0, 0.1) is 0 Å². The van der Waals surface area contributed by atoms with Crippen LogP contribution in [-0.4, -0.2) is 32.7 Å². The molecule has 2 aromatic rings. The number of para-hydroxylation sites is 2. The quantitative estimate of drug-likeness (QED) is 0.662. The molecule has 168 valence electrons. The van der Waals surface area contributed by atoms with Crippen molar-refractivity contribution in [3.63, 3.8) is 0 Å². The highest BCUT2D eigenvalue weighted by molar-refractivity contribution is 7.92. The van der Waals surface area contributed by atoms with E-state index in [0.717, 1.165) is 36.0 Å². The SMILES string of the molecule is CCc1ccccc1N(CC(=O)NC1CC(CC)(CC)Oc2ccccc21)S(C)(=O)=O. The van der Waals surface area contributed by atoms with Crippen LogP contribution in [0.2, 0.25) is 0 Å². The highest BCUT2D eigenvalue weighted by Gasteiger charge is 2.39. The first kappa shape index (κ1) is 23.1. The fourth-order valence-corrected chi connectivity index (χ4v) is 5.12. The first-order valence-corrected chi connectivity index (χ1v) is 12.7. The van der Waals surface area contributed by atoms with Crippen LogP contribution >= 0.6 is 0 Å². The van der Waals surface area contributed by atoms with Crippen LogP contribution in [-0.2, 0) is 21.2 Å². The molecule has 0 spiro atoms. The molecule has 1 N–H and O–H groups in total. The minimum atomic E-state index is -3.63. The monoisotopic (exact) mass is 444 g/mol. The Hall–Kier alpha value is -2.54. The van der Waals surface area contributed by atoms with Crippen molar-refractivity contribution in [2.24, 2.45) is 0 Å². The van der Waals surface area contributed by atoms with E-state index in [1.165, 1.54) is 4.31 Å². The van der Waals surface area contributed by atoms with Crippen LogP contribution in [0.4, 0.5) is 5.69 Å². The van der Waals surface area contributed by atoms with Crippen LogP contribution in [0.3, 0.4) is 0 Å². The standard InChI is InChI=1S/C24H32N2O4S/c1-5-18-12-8-10-14-21(18)26(31(4,28)29)17-23(27)25-20-16-24(6-2,7-3)30-22-15-11-9-13-19(20)22/h8-15,20H,5-7,16-17H2,1-4H3,(H,25,27). The predicted molar refractivity (Wildman–Crippen MR) is 124 cm³/mol. The van der Waals surface area contributed by atoms with E-state index in [9.17, 15) is 13.2 Å². The molecule has 0 radical (unpaired) electrons. The van der Waals surface area contributed by atoms with Gasteiger partial charge in [-0.2, -0.15) is 0 Å². The van der Waals surface area contributed by atoms with Crippen molar-refractivity contribution in [1.82, 2.24) is 5.32 Å². The summed E-state index contributed by atoms with van der Waals surface area (Å²) in [5.41, 5.74) is 2.00. The van der Waals surface area contributed by atoms with E-state index in [-0.39, 0.29) is 24.1 Å². The molecule has 3 rings (SSSR count). The second-order valence-corrected chi connectivity index (χ2v) is 10.0. The molecule has 2 aromatic carbocycles. The van der Waals surface area contributed by atoms with E-state index >= 15 is 0 Å². The summed E-state index contributed by atoms with van der Waals surface area (Å²) in [7, 11) is -3.63. The molecule has 1 amide bonds. The smallest absolute Gasteiger partial charge is 0.241 e. The maximum Gasteiger partial charge on any atom is 0.241 e. The number of fused-ring (bicyclic) bond motifs is 1. The summed E-state index contributed by atoms with van der Waals surface area (Å²) in [6, 6.07) is 14.8. The zero-order valence-corrected chi connectivity index (χ0v) is 19.5. The Morgan fingerprint density at radius 1 is 1.10 bits per heavy atom. The molecular formula is C24H32N2O4S. The third-order valence-corrected chi connectivity index (χ3v) is 7.28. The number of aryl methyl sites for hydroxylation is 1. The Morgan fingerprint density at radius 3 is 2.39 bits per heavy atom. The van der Waals surface area contributed by atoms with Gasteiger partial charge in [-0.15, -0.1) is 0 Å². The minimum Gasteiger partial charge on any atom is -0.487 e. The number of anilines is 1. The van der Waals surface area contributed by atoms with E-state index in [0.29, 0.717) is 18.5 Å². The molecule has 1 aliphatic heterocycles. The number of benzene rings is 2. The molecule has 0 saturated heterocycles. The van der Waals surface area contributed by atoms with Crippen LogP contribution in [0.15, 0.2) is 48.5 Å². The van der Waals surface area contributed by atoms with Gasteiger partial charge in [0.15, 0.2) is 0 Å². The van der Waals surface area contributed by atoms with Gasteiger partial charge in [0, 0.05) is 12.0 Å². The maximum absolute atomic E-state index is 13.1. The van der Waals surface area contributed by atoms with E-state index in [1.54, 1.807) is 12.1 Å².